The lowest BCUT2D eigenvalue weighted by atomic mass is 9.75. The zero-order valence-electron chi connectivity index (χ0n) is 36.4. The first-order valence-electron chi connectivity index (χ1n) is 21.8. The zero-order valence-corrected chi connectivity index (χ0v) is 38.8. The number of hydrogen-bond donors (Lipinski definition) is 5. The van der Waals surface area contributed by atoms with E-state index in [0.29, 0.717) is 105 Å². The smallest absolute Gasteiger partial charge is 0.303 e. The standard InChI is InChI=1S/C44H60N4O13S3/c1-43(24-10-4-8-18-42(51)52)34-30-32(63(56,57)58)19-21-36(34)47-27-11-5-7-17-41(50)46-26-25-45-40(49)16-6-3-9-23-44(2)35-31-33(64(59,60)61)20-22-37(35)48(28-13-29-62(53,54)55)39(44)15-12-14-38(43)47/h12,14-15,19-22,30-31H,3-11,13,16-18,23-29H2,1-2H3,(H5-,45,46,49,50,51,52,53,54,55,56,57,58,59,60,61). The number of anilines is 1. The Hall–Kier alpha value is -4.47. The third kappa shape index (κ3) is 12.9. The predicted octanol–water partition coefficient (Wildman–Crippen LogP) is 5.48. The summed E-state index contributed by atoms with van der Waals surface area (Å²) < 4.78 is 107. The second-order valence-electron chi connectivity index (χ2n) is 17.2. The van der Waals surface area contributed by atoms with Crippen molar-refractivity contribution in [3.8, 4) is 0 Å². The van der Waals surface area contributed by atoms with E-state index in [2.05, 4.69) is 15.5 Å². The minimum atomic E-state index is -4.84. The Morgan fingerprint density at radius 1 is 0.812 bits per heavy atom. The van der Waals surface area contributed by atoms with E-state index in [9.17, 15) is 58.4 Å². The highest BCUT2D eigenvalue weighted by Crippen LogP contribution is 2.52. The minimum Gasteiger partial charge on any atom is -0.744 e. The fourth-order valence-electron chi connectivity index (χ4n) is 9.21. The number of rotatable bonds is 12. The summed E-state index contributed by atoms with van der Waals surface area (Å²) in [5.41, 5.74) is 2.13. The number of amides is 2. The van der Waals surface area contributed by atoms with Gasteiger partial charge in [-0.3, -0.25) is 23.5 Å². The van der Waals surface area contributed by atoms with Crippen molar-refractivity contribution >= 4 is 65.2 Å². The average Bonchev–Trinajstić information content (AvgIpc) is 3.57. The summed E-state index contributed by atoms with van der Waals surface area (Å²) in [5.74, 6) is -1.75. The van der Waals surface area contributed by atoms with Gasteiger partial charge in [0.15, 0.2) is 5.71 Å². The maximum atomic E-state index is 12.6. The SMILES string of the molecule is CC12CCCCCC(=O)NCCNC(=O)CCCCCN3/C(=C/C=C/C1=[N+](CCCS(=O)(=O)O)c1ccc(S(=O)(=O)O)cc12)C(C)(CCCCCC(=O)O)c1cc(S(=O)(=O)[O-])ccc13. The quantitative estimate of drug-likeness (QED) is 0.100. The van der Waals surface area contributed by atoms with Crippen LogP contribution in [0.4, 0.5) is 11.4 Å². The molecule has 17 nitrogen and oxygen atoms in total. The number of nitrogens with one attached hydrogen (secondary N) is 2. The summed E-state index contributed by atoms with van der Waals surface area (Å²) in [6.07, 6.45) is 12.2. The number of allylic oxidation sites excluding steroid dienone is 4. The summed E-state index contributed by atoms with van der Waals surface area (Å²) in [5, 5.41) is 14.9. The van der Waals surface area contributed by atoms with Crippen LogP contribution in [0.25, 0.3) is 0 Å². The van der Waals surface area contributed by atoms with Gasteiger partial charge in [0.05, 0.1) is 21.0 Å². The van der Waals surface area contributed by atoms with E-state index in [-0.39, 0.29) is 66.9 Å². The topological polar surface area (TPSA) is 268 Å². The van der Waals surface area contributed by atoms with Crippen LogP contribution in [0.2, 0.25) is 0 Å². The van der Waals surface area contributed by atoms with Crippen molar-refractivity contribution in [3.63, 3.8) is 0 Å². The Labute approximate surface area is 376 Å². The van der Waals surface area contributed by atoms with Crippen molar-refractivity contribution in [2.24, 2.45) is 0 Å². The van der Waals surface area contributed by atoms with Gasteiger partial charge >= 0.3 is 5.97 Å². The number of benzene rings is 2. The number of unbranched alkanes of at least 4 members (excludes halogenated alkanes) is 2. The van der Waals surface area contributed by atoms with Crippen molar-refractivity contribution in [3.05, 3.63) is 71.5 Å². The van der Waals surface area contributed by atoms with E-state index in [1.54, 1.807) is 12.1 Å². The van der Waals surface area contributed by atoms with Crippen LogP contribution in [0, 0.1) is 0 Å². The fourth-order valence-corrected chi connectivity index (χ4v) is 10.7. The van der Waals surface area contributed by atoms with Crippen molar-refractivity contribution in [2.45, 2.75) is 131 Å². The first-order chi connectivity index (χ1) is 30.0. The van der Waals surface area contributed by atoms with Gasteiger partial charge in [0.25, 0.3) is 20.2 Å². The van der Waals surface area contributed by atoms with Crippen LogP contribution in [0.3, 0.4) is 0 Å². The number of carboxylic acid groups (broad SMARTS) is 1. The largest absolute Gasteiger partial charge is 0.744 e. The first-order valence-corrected chi connectivity index (χ1v) is 26.2. The minimum absolute atomic E-state index is 0.0110. The lowest BCUT2D eigenvalue weighted by Crippen LogP contribution is -2.34. The molecule has 3 aliphatic rings. The molecule has 2 aromatic carbocycles. The summed E-state index contributed by atoms with van der Waals surface area (Å²) in [6.45, 7) is 5.00. The maximum absolute atomic E-state index is 12.6. The van der Waals surface area contributed by atoms with E-state index in [1.807, 2.05) is 36.7 Å². The van der Waals surface area contributed by atoms with E-state index >= 15 is 0 Å². The number of hydrogen-bond acceptors (Lipinski definition) is 11. The molecular weight excluding hydrogens is 889 g/mol. The van der Waals surface area contributed by atoms with Crippen LogP contribution in [0.1, 0.15) is 121 Å². The van der Waals surface area contributed by atoms with E-state index in [1.165, 1.54) is 24.3 Å². The van der Waals surface area contributed by atoms with Crippen molar-refractivity contribution in [1.29, 1.82) is 0 Å². The number of nitrogens with zero attached hydrogens (tertiary/aromatic N) is 2. The van der Waals surface area contributed by atoms with E-state index in [4.69, 9.17) is 0 Å². The monoisotopic (exact) mass is 948 g/mol. The van der Waals surface area contributed by atoms with Crippen molar-refractivity contribution in [2.75, 3.05) is 36.8 Å². The van der Waals surface area contributed by atoms with E-state index < -0.39 is 52.9 Å². The van der Waals surface area contributed by atoms with E-state index in [0.717, 1.165) is 5.70 Å². The lowest BCUT2D eigenvalue weighted by molar-refractivity contribution is -0.437. The third-order valence-corrected chi connectivity index (χ3v) is 15.0. The summed E-state index contributed by atoms with van der Waals surface area (Å²) in [6, 6.07) is 8.56. The Morgan fingerprint density at radius 2 is 1.45 bits per heavy atom. The molecule has 2 unspecified atom stereocenters. The molecule has 20 heteroatoms. The van der Waals surface area contributed by atoms with Crippen LogP contribution in [0.5, 0.6) is 0 Å². The van der Waals surface area contributed by atoms with Gasteiger partial charge in [0.2, 0.25) is 17.5 Å². The molecule has 5 rings (SSSR count). The lowest BCUT2D eigenvalue weighted by Gasteiger charge is -2.31. The van der Waals surface area contributed by atoms with Gasteiger partial charge in [-0.25, -0.2) is 8.42 Å². The second kappa shape index (κ2) is 21.2. The van der Waals surface area contributed by atoms with Crippen LogP contribution in [0.15, 0.2) is 70.1 Å². The highest BCUT2D eigenvalue weighted by Gasteiger charge is 2.48. The summed E-state index contributed by atoms with van der Waals surface area (Å²) in [4.78, 5) is 37.9. The first kappa shape index (κ1) is 50.5. The van der Waals surface area contributed by atoms with Gasteiger partial charge in [0.1, 0.15) is 16.7 Å². The molecule has 2 atom stereocenters. The van der Waals surface area contributed by atoms with Gasteiger partial charge in [-0.1, -0.05) is 38.2 Å². The Balaban J connectivity index is 1.67. The van der Waals surface area contributed by atoms with Crippen LogP contribution in [-0.2, 0) is 55.6 Å². The van der Waals surface area contributed by atoms with Gasteiger partial charge in [-0.2, -0.15) is 21.4 Å². The number of aliphatic carboxylic acids is 1. The highest BCUT2D eigenvalue weighted by molar-refractivity contribution is 7.86. The molecule has 0 aliphatic carbocycles. The molecule has 2 aromatic rings. The Bertz CT molecular complexity index is 2520. The highest BCUT2D eigenvalue weighted by atomic mass is 32.2. The molecule has 0 spiro atoms. The average molecular weight is 949 g/mol. The third-order valence-electron chi connectivity index (χ3n) is 12.5. The Kier molecular flexibility index (Phi) is 16.8. The van der Waals surface area contributed by atoms with Crippen LogP contribution >= 0.6 is 0 Å². The molecule has 0 fully saturated rings. The van der Waals surface area contributed by atoms with Crippen molar-refractivity contribution in [1.82, 2.24) is 10.6 Å². The molecule has 0 saturated heterocycles. The summed E-state index contributed by atoms with van der Waals surface area (Å²) in [7, 11) is -13.8. The number of carbonyl (C=O) groups excluding carboxylic acids is 2. The molecule has 3 heterocycles. The second-order valence-corrected chi connectivity index (χ2v) is 21.6. The van der Waals surface area contributed by atoms with Crippen molar-refractivity contribution < 1.29 is 63.0 Å². The summed E-state index contributed by atoms with van der Waals surface area (Å²) >= 11 is 0. The van der Waals surface area contributed by atoms with Gasteiger partial charge in [-0.05, 0) is 94.3 Å². The van der Waals surface area contributed by atoms with Crippen LogP contribution in [-0.4, -0.2) is 104 Å². The predicted molar refractivity (Wildman–Crippen MR) is 239 cm³/mol. The normalized spacial score (nSPS) is 23.5. The molecule has 0 aromatic heterocycles. The Morgan fingerprint density at radius 3 is 2.08 bits per heavy atom. The molecule has 0 saturated carbocycles. The maximum Gasteiger partial charge on any atom is 0.303 e. The molecule has 2 amide bonds. The molecule has 0 bridgehead atoms. The molecule has 0 radical (unpaired) electrons. The molecule has 64 heavy (non-hydrogen) atoms. The number of carbonyl (C=O) groups is 3. The molecule has 352 valence electrons. The fraction of sp³-hybridized carbons (Fsp3) is 0.545. The van der Waals surface area contributed by atoms with Gasteiger partial charge in [-0.15, -0.1) is 0 Å². The zero-order chi connectivity index (χ0) is 46.9. The molecular formula is C44H60N4O13S3. The van der Waals surface area contributed by atoms with Gasteiger partial charge < -0.3 is 25.2 Å². The van der Waals surface area contributed by atoms with Crippen LogP contribution < -0.4 is 15.5 Å². The van der Waals surface area contributed by atoms with Gasteiger partial charge in [0, 0.05) is 79.8 Å². The molecule has 5 N–H and O–H groups in total. The number of carboxylic acids is 1. The number of fused-ring (bicyclic) bond motifs is 6. The molecule has 3 aliphatic heterocycles.